The lowest BCUT2D eigenvalue weighted by molar-refractivity contribution is 0.0250. The van der Waals surface area contributed by atoms with Gasteiger partial charge in [-0.1, -0.05) is 41.4 Å². The number of carbonyl (C=O) groups is 1. The normalized spacial score (nSPS) is 24.2. The molecule has 0 radical (unpaired) electrons. The highest BCUT2D eigenvalue weighted by atomic mass is 35.5. The molecule has 2 heterocycles. The van der Waals surface area contributed by atoms with E-state index >= 15 is 0 Å². The van der Waals surface area contributed by atoms with Crippen LogP contribution in [0.2, 0.25) is 10.0 Å². The smallest absolute Gasteiger partial charge is 0.333 e. The number of rotatable bonds is 5. The van der Waals surface area contributed by atoms with Gasteiger partial charge in [-0.15, -0.1) is 0 Å². The second-order valence-corrected chi connectivity index (χ2v) is 13.0. The molecule has 184 valence electrons. The highest BCUT2D eigenvalue weighted by Crippen LogP contribution is 2.59. The molecule has 3 unspecified atom stereocenters. The Hall–Kier alpha value is -1.93. The van der Waals surface area contributed by atoms with Gasteiger partial charge in [0.15, 0.2) is 12.2 Å². The van der Waals surface area contributed by atoms with E-state index in [4.69, 9.17) is 49.4 Å². The van der Waals surface area contributed by atoms with E-state index < -0.39 is 12.4 Å². The lowest BCUT2D eigenvalue weighted by Crippen LogP contribution is -2.44. The number of carbonyl (C=O) groups excluding carboxylic acids is 1. The Balaban J connectivity index is 1.67. The van der Waals surface area contributed by atoms with Crippen LogP contribution in [0, 0.1) is 6.92 Å². The van der Waals surface area contributed by atoms with Crippen molar-refractivity contribution >= 4 is 64.3 Å². The first-order valence-corrected chi connectivity index (χ1v) is 14.8. The van der Waals surface area contributed by atoms with Crippen molar-refractivity contribution in [3.63, 3.8) is 0 Å². The van der Waals surface area contributed by atoms with E-state index in [0.717, 1.165) is 30.3 Å². The molecule has 5 rings (SSSR count). The number of hydrogen-bond acceptors (Lipinski definition) is 5. The summed E-state index contributed by atoms with van der Waals surface area (Å²) < 4.78 is 15.7. The Morgan fingerprint density at radius 2 is 1.83 bits per heavy atom. The number of urea groups is 1. The summed E-state index contributed by atoms with van der Waals surface area (Å²) in [6.07, 6.45) is 0.294. The number of benzene rings is 2. The Morgan fingerprint density at radius 3 is 2.54 bits per heavy atom. The van der Waals surface area contributed by atoms with E-state index in [2.05, 4.69) is 5.32 Å². The fourth-order valence-electron chi connectivity index (χ4n) is 4.70. The van der Waals surface area contributed by atoms with Crippen molar-refractivity contribution in [2.75, 3.05) is 17.1 Å². The number of anilines is 2. The summed E-state index contributed by atoms with van der Waals surface area (Å²) in [6.45, 7) is 1.89. The van der Waals surface area contributed by atoms with Gasteiger partial charge in [-0.2, -0.15) is 5.10 Å². The molecule has 2 amide bonds. The van der Waals surface area contributed by atoms with Crippen LogP contribution >= 0.6 is 29.6 Å². The predicted molar refractivity (Wildman–Crippen MR) is 144 cm³/mol. The monoisotopic (exact) mass is 550 g/mol. The van der Waals surface area contributed by atoms with Crippen molar-refractivity contribution in [3.05, 3.63) is 64.3 Å². The van der Waals surface area contributed by atoms with Crippen molar-refractivity contribution in [2.45, 2.75) is 44.8 Å². The van der Waals surface area contributed by atoms with Gasteiger partial charge in [-0.3, -0.25) is 5.32 Å². The van der Waals surface area contributed by atoms with Gasteiger partial charge in [0, 0.05) is 13.5 Å². The number of fused-ring (bicyclic) bond motifs is 1. The first-order valence-electron chi connectivity index (χ1n) is 11.4. The van der Waals surface area contributed by atoms with Crippen LogP contribution < -0.4 is 15.3 Å². The van der Waals surface area contributed by atoms with Gasteiger partial charge in [0.1, 0.15) is 0 Å². The molecule has 1 saturated carbocycles. The van der Waals surface area contributed by atoms with Crippen LogP contribution in [0.4, 0.5) is 16.3 Å². The molecule has 0 spiro atoms. The number of amides is 2. The highest BCUT2D eigenvalue weighted by Gasteiger charge is 2.46. The second-order valence-electron chi connectivity index (χ2n) is 8.64. The number of methoxy groups -OCH3 is 1. The Kier molecular flexibility index (Phi) is 6.96. The van der Waals surface area contributed by atoms with E-state index in [1.807, 2.05) is 37.3 Å². The summed E-state index contributed by atoms with van der Waals surface area (Å²) in [7, 11) is 1.72. The van der Waals surface area contributed by atoms with Gasteiger partial charge in [0.2, 0.25) is 0 Å². The summed E-state index contributed by atoms with van der Waals surface area (Å²) in [5, 5.41) is 9.22. The molecule has 3 aromatic rings. The van der Waals surface area contributed by atoms with Crippen LogP contribution in [-0.4, -0.2) is 35.1 Å². The average Bonchev–Trinajstić information content (AvgIpc) is 3.18. The third-order valence-corrected chi connectivity index (χ3v) is 11.0. The number of ether oxygens (including phenoxy) is 1. The van der Waals surface area contributed by atoms with Crippen LogP contribution in [0.25, 0.3) is 5.69 Å². The van der Waals surface area contributed by atoms with E-state index in [1.165, 1.54) is 4.67 Å². The fourth-order valence-corrected chi connectivity index (χ4v) is 9.10. The summed E-state index contributed by atoms with van der Waals surface area (Å²) >= 11 is 18.9. The number of para-hydroxylation sites is 1. The summed E-state index contributed by atoms with van der Waals surface area (Å²) in [5.41, 5.74) is 2.05. The fraction of sp³-hybridized carbons (Fsp3) is 0.333. The zero-order chi connectivity index (χ0) is 24.7. The lowest BCUT2D eigenvalue weighted by atomic mass is 9.95. The summed E-state index contributed by atoms with van der Waals surface area (Å²) in [5.74, 6) is 0.539. The first kappa shape index (κ1) is 24.8. The van der Waals surface area contributed by atoms with Gasteiger partial charge in [0.05, 0.1) is 44.6 Å². The number of nitrogens with zero attached hydrogens (tertiary/aromatic N) is 3. The van der Waals surface area contributed by atoms with Crippen molar-refractivity contribution in [1.29, 1.82) is 0 Å². The molecule has 0 saturated heterocycles. The van der Waals surface area contributed by atoms with Gasteiger partial charge in [0.25, 0.3) is 0 Å². The minimum absolute atomic E-state index is 0.0972. The summed E-state index contributed by atoms with van der Waals surface area (Å²) in [4.78, 5) is 13.7. The maximum absolute atomic E-state index is 13.7. The van der Waals surface area contributed by atoms with Crippen LogP contribution in [0.3, 0.4) is 0 Å². The standard InChI is InChI=1S/C24H25Cl2N4O3PS/c1-15-22-23(29(28-15)16-7-4-3-5-8-16)27-24(31)30(17-11-12-20(25)21(26)13-17)34(22,35)33-19-10-6-9-18(14-19)32-2/h3-5,7-8,11-13,18-19H,6,9-10,14H2,1-2H3,(H,27,31). The van der Waals surface area contributed by atoms with Gasteiger partial charge >= 0.3 is 6.03 Å². The molecule has 7 nitrogen and oxygen atoms in total. The van der Waals surface area contributed by atoms with E-state index in [-0.39, 0.29) is 12.2 Å². The molecule has 1 N–H and O–H groups in total. The SMILES string of the molecule is COC1CCCC(OP2(=S)c3c(C)nn(-c4ccccc4)c3NC(=O)N2c2ccc(Cl)c(Cl)c2)C1. The Labute approximate surface area is 219 Å². The molecule has 35 heavy (non-hydrogen) atoms. The molecule has 1 fully saturated rings. The average molecular weight is 551 g/mol. The minimum atomic E-state index is -3.16. The lowest BCUT2D eigenvalue weighted by Gasteiger charge is -2.41. The van der Waals surface area contributed by atoms with E-state index in [0.29, 0.717) is 33.7 Å². The number of hydrogen-bond donors (Lipinski definition) is 1. The molecule has 11 heteroatoms. The maximum atomic E-state index is 13.7. The molecule has 2 aromatic carbocycles. The van der Waals surface area contributed by atoms with Crippen molar-refractivity contribution in [3.8, 4) is 5.69 Å². The van der Waals surface area contributed by atoms with E-state index in [9.17, 15) is 4.79 Å². The Morgan fingerprint density at radius 1 is 1.09 bits per heavy atom. The molecular weight excluding hydrogens is 526 g/mol. The highest BCUT2D eigenvalue weighted by molar-refractivity contribution is 8.17. The van der Waals surface area contributed by atoms with Crippen molar-refractivity contribution in [2.24, 2.45) is 0 Å². The molecule has 1 aromatic heterocycles. The third-order valence-electron chi connectivity index (χ3n) is 6.34. The number of halogens is 2. The Bertz CT molecular complexity index is 1320. The van der Waals surface area contributed by atoms with E-state index in [1.54, 1.807) is 30.0 Å². The van der Waals surface area contributed by atoms with Gasteiger partial charge < -0.3 is 9.26 Å². The molecule has 0 bridgehead atoms. The zero-order valence-electron chi connectivity index (χ0n) is 19.3. The summed E-state index contributed by atoms with van der Waals surface area (Å²) in [6, 6.07) is 14.3. The second kappa shape index (κ2) is 9.85. The number of aryl methyl sites for hydroxylation is 1. The van der Waals surface area contributed by atoms with Crippen LogP contribution in [0.15, 0.2) is 48.5 Å². The van der Waals surface area contributed by atoms with Gasteiger partial charge in [-0.25, -0.2) is 14.1 Å². The molecule has 1 aliphatic heterocycles. The zero-order valence-corrected chi connectivity index (χ0v) is 22.5. The minimum Gasteiger partial charge on any atom is -0.381 e. The first-order chi connectivity index (χ1) is 16.8. The molecule has 2 aliphatic rings. The predicted octanol–water partition coefficient (Wildman–Crippen LogP) is 6.45. The van der Waals surface area contributed by atoms with Crippen molar-refractivity contribution in [1.82, 2.24) is 9.78 Å². The van der Waals surface area contributed by atoms with Gasteiger partial charge in [-0.05, 0) is 68.3 Å². The molecular formula is C24H25Cl2N4O3PS. The van der Waals surface area contributed by atoms with Crippen LogP contribution in [-0.2, 0) is 21.1 Å². The molecule has 1 aliphatic carbocycles. The number of nitrogens with one attached hydrogen (secondary N) is 1. The molecule has 3 atom stereocenters. The van der Waals surface area contributed by atoms with Crippen LogP contribution in [0.5, 0.6) is 0 Å². The van der Waals surface area contributed by atoms with Crippen molar-refractivity contribution < 1.29 is 14.1 Å². The largest absolute Gasteiger partial charge is 0.381 e. The quantitative estimate of drug-likeness (QED) is 0.370. The maximum Gasteiger partial charge on any atom is 0.333 e. The topological polar surface area (TPSA) is 68.6 Å². The third kappa shape index (κ3) is 4.52. The van der Waals surface area contributed by atoms with Crippen LogP contribution in [0.1, 0.15) is 31.4 Å². The number of aromatic nitrogens is 2.